The van der Waals surface area contributed by atoms with E-state index >= 15 is 0 Å². The Labute approximate surface area is 105 Å². The van der Waals surface area contributed by atoms with Gasteiger partial charge in [-0.2, -0.15) is 11.8 Å². The summed E-state index contributed by atoms with van der Waals surface area (Å²) < 4.78 is 0. The van der Waals surface area contributed by atoms with Crippen LogP contribution in [0.25, 0.3) is 0 Å². The molecule has 0 radical (unpaired) electrons. The maximum atomic E-state index is 3.88. The van der Waals surface area contributed by atoms with Gasteiger partial charge < -0.3 is 5.32 Å². The van der Waals surface area contributed by atoms with Crippen molar-refractivity contribution in [2.75, 3.05) is 18.1 Å². The molecular weight excluding hydrogens is 214 g/mol. The standard InChI is InChI=1S/C14H27NS/c1-4-14(6-5-7-14)11-15-12-10-16-9-8-13(12,2)3/h12,15H,4-11H2,1-3H3. The Morgan fingerprint density at radius 3 is 2.50 bits per heavy atom. The fourth-order valence-electron chi connectivity index (χ4n) is 2.94. The third-order valence-corrected chi connectivity index (χ3v) is 6.07. The van der Waals surface area contributed by atoms with Crippen LogP contribution in [0.1, 0.15) is 52.9 Å². The Kier molecular flexibility index (Phi) is 3.90. The SMILES string of the molecule is CCC1(CNC2CSCCC2(C)C)CCC1. The fraction of sp³-hybridized carbons (Fsp3) is 1.00. The molecule has 1 N–H and O–H groups in total. The molecule has 2 heteroatoms. The Balaban J connectivity index is 1.84. The van der Waals surface area contributed by atoms with Crippen LogP contribution in [0.5, 0.6) is 0 Å². The monoisotopic (exact) mass is 241 g/mol. The maximum Gasteiger partial charge on any atom is 0.0209 e. The van der Waals surface area contributed by atoms with Crippen LogP contribution in [0, 0.1) is 10.8 Å². The molecule has 0 bridgehead atoms. The lowest BCUT2D eigenvalue weighted by Gasteiger charge is -2.45. The van der Waals surface area contributed by atoms with Crippen LogP contribution in [0.15, 0.2) is 0 Å². The van der Waals surface area contributed by atoms with Gasteiger partial charge >= 0.3 is 0 Å². The predicted molar refractivity (Wildman–Crippen MR) is 74.1 cm³/mol. The average Bonchev–Trinajstić information content (AvgIpc) is 2.19. The quantitative estimate of drug-likeness (QED) is 0.805. The van der Waals surface area contributed by atoms with Crippen molar-refractivity contribution in [3.05, 3.63) is 0 Å². The summed E-state index contributed by atoms with van der Waals surface area (Å²) in [5.74, 6) is 2.66. The summed E-state index contributed by atoms with van der Waals surface area (Å²) in [6.45, 7) is 8.49. The summed E-state index contributed by atoms with van der Waals surface area (Å²) in [5, 5.41) is 3.88. The molecule has 0 spiro atoms. The third-order valence-electron chi connectivity index (χ3n) is 5.01. The molecule has 1 nitrogen and oxygen atoms in total. The summed E-state index contributed by atoms with van der Waals surface area (Å²) in [4.78, 5) is 0. The first-order valence-corrected chi connectivity index (χ1v) is 8.05. The van der Waals surface area contributed by atoms with E-state index in [9.17, 15) is 0 Å². The molecule has 1 aliphatic heterocycles. The molecule has 0 aromatic heterocycles. The second-order valence-corrected chi connectivity index (χ2v) is 7.60. The number of hydrogen-bond donors (Lipinski definition) is 1. The summed E-state index contributed by atoms with van der Waals surface area (Å²) in [6, 6.07) is 0.732. The second kappa shape index (κ2) is 4.89. The van der Waals surface area contributed by atoms with E-state index in [2.05, 4.69) is 37.8 Å². The van der Waals surface area contributed by atoms with Gasteiger partial charge in [-0.3, -0.25) is 0 Å². The third kappa shape index (κ3) is 2.59. The van der Waals surface area contributed by atoms with Crippen molar-refractivity contribution < 1.29 is 0 Å². The van der Waals surface area contributed by atoms with Gasteiger partial charge in [-0.05, 0) is 42.3 Å². The average molecular weight is 241 g/mol. The summed E-state index contributed by atoms with van der Waals surface area (Å²) in [7, 11) is 0. The van der Waals surface area contributed by atoms with Crippen molar-refractivity contribution in [1.29, 1.82) is 0 Å². The zero-order chi connectivity index (χ0) is 11.6. The van der Waals surface area contributed by atoms with Gasteiger partial charge in [-0.1, -0.05) is 27.2 Å². The second-order valence-electron chi connectivity index (χ2n) is 6.45. The Bertz CT molecular complexity index is 227. The molecule has 0 amide bonds. The molecule has 0 aromatic carbocycles. The van der Waals surface area contributed by atoms with Crippen molar-refractivity contribution in [3.8, 4) is 0 Å². The molecule has 16 heavy (non-hydrogen) atoms. The highest BCUT2D eigenvalue weighted by Crippen LogP contribution is 2.44. The summed E-state index contributed by atoms with van der Waals surface area (Å²) in [6.07, 6.45) is 7.10. The van der Waals surface area contributed by atoms with Gasteiger partial charge in [-0.25, -0.2) is 0 Å². The summed E-state index contributed by atoms with van der Waals surface area (Å²) in [5.41, 5.74) is 1.17. The number of hydrogen-bond acceptors (Lipinski definition) is 2. The molecule has 1 saturated heterocycles. The van der Waals surface area contributed by atoms with E-state index in [1.54, 1.807) is 0 Å². The Hall–Kier alpha value is 0.310. The first kappa shape index (κ1) is 12.8. The molecule has 1 aliphatic carbocycles. The van der Waals surface area contributed by atoms with Crippen molar-refractivity contribution >= 4 is 11.8 Å². The van der Waals surface area contributed by atoms with E-state index in [-0.39, 0.29) is 0 Å². The van der Waals surface area contributed by atoms with Gasteiger partial charge in [0.05, 0.1) is 0 Å². The van der Waals surface area contributed by atoms with Gasteiger partial charge in [0.15, 0.2) is 0 Å². The molecule has 1 unspecified atom stereocenters. The largest absolute Gasteiger partial charge is 0.312 e. The highest BCUT2D eigenvalue weighted by molar-refractivity contribution is 7.99. The minimum Gasteiger partial charge on any atom is -0.312 e. The fourth-order valence-corrected chi connectivity index (χ4v) is 4.59. The van der Waals surface area contributed by atoms with E-state index in [0.29, 0.717) is 10.8 Å². The molecule has 94 valence electrons. The molecule has 1 saturated carbocycles. The van der Waals surface area contributed by atoms with Crippen LogP contribution in [-0.4, -0.2) is 24.1 Å². The van der Waals surface area contributed by atoms with Crippen LogP contribution >= 0.6 is 11.8 Å². The van der Waals surface area contributed by atoms with Crippen molar-refractivity contribution in [2.24, 2.45) is 10.8 Å². The van der Waals surface area contributed by atoms with E-state index in [1.165, 1.54) is 50.2 Å². The highest BCUT2D eigenvalue weighted by atomic mass is 32.2. The van der Waals surface area contributed by atoms with Gasteiger partial charge in [0.1, 0.15) is 0 Å². The number of rotatable bonds is 4. The lowest BCUT2D eigenvalue weighted by atomic mass is 9.66. The molecular formula is C14H27NS. The minimum absolute atomic E-state index is 0.504. The Morgan fingerprint density at radius 1 is 1.25 bits per heavy atom. The topological polar surface area (TPSA) is 12.0 Å². The highest BCUT2D eigenvalue weighted by Gasteiger charge is 2.38. The minimum atomic E-state index is 0.504. The first-order valence-electron chi connectivity index (χ1n) is 6.89. The zero-order valence-corrected chi connectivity index (χ0v) is 12.0. The lowest BCUT2D eigenvalue weighted by Crippen LogP contribution is -2.51. The molecule has 2 fully saturated rings. The van der Waals surface area contributed by atoms with Gasteiger partial charge in [0.25, 0.3) is 0 Å². The van der Waals surface area contributed by atoms with E-state index < -0.39 is 0 Å². The number of thioether (sulfide) groups is 1. The molecule has 1 atom stereocenters. The van der Waals surface area contributed by atoms with Crippen molar-refractivity contribution in [2.45, 2.75) is 58.9 Å². The van der Waals surface area contributed by atoms with Crippen LogP contribution in [-0.2, 0) is 0 Å². The smallest absolute Gasteiger partial charge is 0.0209 e. The van der Waals surface area contributed by atoms with Crippen LogP contribution in [0.3, 0.4) is 0 Å². The van der Waals surface area contributed by atoms with E-state index in [4.69, 9.17) is 0 Å². The molecule has 2 aliphatic rings. The summed E-state index contributed by atoms with van der Waals surface area (Å²) >= 11 is 2.13. The zero-order valence-electron chi connectivity index (χ0n) is 11.1. The lowest BCUT2D eigenvalue weighted by molar-refractivity contribution is 0.107. The maximum absolute atomic E-state index is 3.88. The van der Waals surface area contributed by atoms with Gasteiger partial charge in [0.2, 0.25) is 0 Å². The van der Waals surface area contributed by atoms with Crippen LogP contribution in [0.4, 0.5) is 0 Å². The molecule has 0 aromatic rings. The molecule has 2 rings (SSSR count). The number of nitrogens with one attached hydrogen (secondary N) is 1. The van der Waals surface area contributed by atoms with Crippen molar-refractivity contribution in [1.82, 2.24) is 5.32 Å². The van der Waals surface area contributed by atoms with E-state index in [0.717, 1.165) is 6.04 Å². The normalized spacial score (nSPS) is 32.1. The van der Waals surface area contributed by atoms with Crippen LogP contribution < -0.4 is 5.32 Å². The van der Waals surface area contributed by atoms with E-state index in [1.807, 2.05) is 0 Å². The molecule has 1 heterocycles. The first-order chi connectivity index (χ1) is 7.58. The van der Waals surface area contributed by atoms with Crippen molar-refractivity contribution in [3.63, 3.8) is 0 Å². The van der Waals surface area contributed by atoms with Crippen LogP contribution in [0.2, 0.25) is 0 Å². The Morgan fingerprint density at radius 2 is 2.00 bits per heavy atom. The van der Waals surface area contributed by atoms with Gasteiger partial charge in [0, 0.05) is 18.3 Å². The predicted octanol–water partition coefficient (Wildman–Crippen LogP) is 3.69. The van der Waals surface area contributed by atoms with Gasteiger partial charge in [-0.15, -0.1) is 0 Å².